The number of hydroxylamine groups is 2. The molecule has 2 aromatic heterocycles. The topological polar surface area (TPSA) is 99.0 Å². The number of piperidine rings is 1. The molecule has 0 aliphatic carbocycles. The lowest BCUT2D eigenvalue weighted by Crippen LogP contribution is -2.39. The van der Waals surface area contributed by atoms with Crippen LogP contribution in [-0.4, -0.2) is 74.7 Å². The number of hydrogen-bond donors (Lipinski definition) is 2. The van der Waals surface area contributed by atoms with Crippen molar-refractivity contribution in [2.24, 2.45) is 4.99 Å². The van der Waals surface area contributed by atoms with E-state index in [1.165, 1.54) is 12.2 Å². The Balaban J connectivity index is 1.62. The van der Waals surface area contributed by atoms with Gasteiger partial charge in [-0.1, -0.05) is 6.92 Å². The van der Waals surface area contributed by atoms with E-state index in [-0.39, 0.29) is 11.8 Å². The summed E-state index contributed by atoms with van der Waals surface area (Å²) in [7, 11) is 3.00. The van der Waals surface area contributed by atoms with Crippen molar-refractivity contribution in [3.63, 3.8) is 0 Å². The number of hydrogen-bond acceptors (Lipinski definition) is 6. The average molecular weight is 467 g/mol. The molecule has 1 aliphatic heterocycles. The Morgan fingerprint density at radius 3 is 2.74 bits per heavy atom. The number of carbonyl (C=O) groups is 1. The molecule has 1 aliphatic rings. The largest absolute Gasteiger partial charge is 0.494 e. The highest BCUT2D eigenvalue weighted by atomic mass is 16.7. The first-order chi connectivity index (χ1) is 16.3. The Bertz CT molecular complexity index is 1190. The number of H-pyrrole nitrogens is 1. The van der Waals surface area contributed by atoms with Crippen molar-refractivity contribution in [2.45, 2.75) is 52.1 Å². The molecule has 3 heterocycles. The monoisotopic (exact) mass is 466 g/mol. The van der Waals surface area contributed by atoms with Crippen LogP contribution in [0.3, 0.4) is 0 Å². The number of aromatic nitrogens is 3. The number of fused-ring (bicyclic) bond motifs is 1. The highest BCUT2D eigenvalue weighted by molar-refractivity contribution is 6.14. The van der Waals surface area contributed by atoms with Crippen molar-refractivity contribution >= 4 is 28.2 Å². The molecule has 0 saturated carbocycles. The predicted molar refractivity (Wildman–Crippen MR) is 133 cm³/mol. The number of rotatable bonds is 7. The number of aliphatic imine (C=N–C) groups is 1. The minimum absolute atomic E-state index is 0.0359. The first-order valence-corrected chi connectivity index (χ1v) is 11.8. The third-order valence-electron chi connectivity index (χ3n) is 6.66. The van der Waals surface area contributed by atoms with Gasteiger partial charge < -0.3 is 15.0 Å². The molecular formula is C25H34N6O3. The summed E-state index contributed by atoms with van der Waals surface area (Å²) >= 11 is 0. The first-order valence-electron chi connectivity index (χ1n) is 11.8. The van der Waals surface area contributed by atoms with Gasteiger partial charge in [-0.15, -0.1) is 0 Å². The van der Waals surface area contributed by atoms with Gasteiger partial charge in [0.2, 0.25) is 0 Å². The van der Waals surface area contributed by atoms with E-state index in [0.29, 0.717) is 29.6 Å². The minimum Gasteiger partial charge on any atom is -0.494 e. The van der Waals surface area contributed by atoms with Gasteiger partial charge in [0.15, 0.2) is 5.88 Å². The van der Waals surface area contributed by atoms with Crippen molar-refractivity contribution in [2.75, 3.05) is 27.2 Å². The van der Waals surface area contributed by atoms with Crippen molar-refractivity contribution in [3.8, 4) is 5.88 Å². The van der Waals surface area contributed by atoms with Crippen LogP contribution in [0.25, 0.3) is 10.9 Å². The van der Waals surface area contributed by atoms with Crippen molar-refractivity contribution in [1.82, 2.24) is 24.7 Å². The van der Waals surface area contributed by atoms with Crippen LogP contribution in [0.4, 0.5) is 5.69 Å². The molecule has 0 spiro atoms. The Labute approximate surface area is 200 Å². The fraction of sp³-hybridized carbons (Fsp3) is 0.480. The van der Waals surface area contributed by atoms with E-state index in [1.807, 2.05) is 17.8 Å². The smallest absolute Gasteiger partial charge is 0.277 e. The maximum Gasteiger partial charge on any atom is 0.277 e. The van der Waals surface area contributed by atoms with Gasteiger partial charge in [0.25, 0.3) is 5.91 Å². The fourth-order valence-corrected chi connectivity index (χ4v) is 4.59. The second-order valence-electron chi connectivity index (χ2n) is 9.05. The molecule has 2 N–H and O–H groups in total. The van der Waals surface area contributed by atoms with Gasteiger partial charge in [-0.05, 0) is 51.3 Å². The van der Waals surface area contributed by atoms with Gasteiger partial charge in [-0.25, -0.2) is 10.1 Å². The molecule has 0 radical (unpaired) electrons. The number of likely N-dealkylation sites (tertiary alicyclic amines) is 1. The number of benzene rings is 1. The molecule has 34 heavy (non-hydrogen) atoms. The molecular weight excluding hydrogens is 432 g/mol. The number of aromatic hydroxyl groups is 1. The fourth-order valence-electron chi connectivity index (χ4n) is 4.59. The number of nitrogens with one attached hydrogen (secondary N) is 1. The summed E-state index contributed by atoms with van der Waals surface area (Å²) < 4.78 is 2.02. The Hall–Kier alpha value is -3.17. The lowest BCUT2D eigenvalue weighted by atomic mass is 10.0. The lowest BCUT2D eigenvalue weighted by Gasteiger charge is -2.34. The summed E-state index contributed by atoms with van der Waals surface area (Å²) in [4.78, 5) is 27.9. The highest BCUT2D eigenvalue weighted by Crippen LogP contribution is 2.32. The van der Waals surface area contributed by atoms with Gasteiger partial charge in [-0.2, -0.15) is 5.10 Å². The Morgan fingerprint density at radius 1 is 1.35 bits per heavy atom. The molecule has 3 aromatic rings. The molecule has 182 valence electrons. The van der Waals surface area contributed by atoms with Gasteiger partial charge >= 0.3 is 0 Å². The van der Waals surface area contributed by atoms with Crippen LogP contribution < -0.4 is 0 Å². The molecule has 9 heteroatoms. The minimum atomic E-state index is -0.268. The van der Waals surface area contributed by atoms with Crippen LogP contribution in [0.2, 0.25) is 0 Å². The van der Waals surface area contributed by atoms with E-state index in [4.69, 9.17) is 9.83 Å². The summed E-state index contributed by atoms with van der Waals surface area (Å²) in [5, 5.41) is 17.2. The quantitative estimate of drug-likeness (QED) is 0.400. The zero-order chi connectivity index (χ0) is 24.4. The van der Waals surface area contributed by atoms with Crippen LogP contribution in [0.1, 0.15) is 62.0 Å². The SMILES string of the molecule is CCC(=Nc1cnn(C2CCN(C(C)C)CC2)c1)c1c(O)[nH]c2ccc(C(=O)N(C)OC)cc12. The molecule has 1 fully saturated rings. The number of amides is 1. The number of nitrogens with zero attached hydrogens (tertiary/aromatic N) is 5. The maximum absolute atomic E-state index is 12.6. The molecule has 9 nitrogen and oxygen atoms in total. The van der Waals surface area contributed by atoms with Crippen LogP contribution in [0, 0.1) is 0 Å². The molecule has 0 unspecified atom stereocenters. The molecule has 0 atom stereocenters. The summed E-state index contributed by atoms with van der Waals surface area (Å²) in [6, 6.07) is 6.19. The summed E-state index contributed by atoms with van der Waals surface area (Å²) in [5.74, 6) is -0.232. The maximum atomic E-state index is 12.6. The van der Waals surface area contributed by atoms with Gasteiger partial charge in [0.1, 0.15) is 5.69 Å². The van der Waals surface area contributed by atoms with E-state index in [1.54, 1.807) is 31.4 Å². The zero-order valence-electron chi connectivity index (χ0n) is 20.6. The van der Waals surface area contributed by atoms with Crippen LogP contribution in [-0.2, 0) is 4.84 Å². The standard InChI is InChI=1S/C25H34N6O3/c1-6-21(27-18-14-26-31(15-18)19-9-11-30(12-10-19)16(2)3)23-20-13-17(25(33)29(4)34-5)7-8-22(20)28-24(23)32/h7-8,13-16,19,28,32H,6,9-12H2,1-5H3. The molecule has 1 aromatic carbocycles. The lowest BCUT2D eigenvalue weighted by molar-refractivity contribution is -0.0756. The molecule has 1 amide bonds. The normalized spacial score (nSPS) is 16.0. The highest BCUT2D eigenvalue weighted by Gasteiger charge is 2.23. The zero-order valence-corrected chi connectivity index (χ0v) is 20.6. The van der Waals surface area contributed by atoms with E-state index in [9.17, 15) is 9.90 Å². The van der Waals surface area contributed by atoms with E-state index >= 15 is 0 Å². The van der Waals surface area contributed by atoms with Gasteiger partial charge in [0, 0.05) is 42.6 Å². The van der Waals surface area contributed by atoms with Crippen molar-refractivity contribution in [3.05, 3.63) is 41.7 Å². The first kappa shape index (κ1) is 24.0. The third kappa shape index (κ3) is 4.71. The Morgan fingerprint density at radius 2 is 2.09 bits per heavy atom. The Kier molecular flexibility index (Phi) is 7.04. The van der Waals surface area contributed by atoms with Gasteiger partial charge in [-0.3, -0.25) is 14.3 Å². The summed E-state index contributed by atoms with van der Waals surface area (Å²) in [6.07, 6.45) is 6.51. The van der Waals surface area contributed by atoms with Crippen LogP contribution in [0.15, 0.2) is 35.6 Å². The van der Waals surface area contributed by atoms with Crippen LogP contribution >= 0.6 is 0 Å². The number of carbonyl (C=O) groups excluding carboxylic acids is 1. The summed E-state index contributed by atoms with van der Waals surface area (Å²) in [6.45, 7) is 8.62. The summed E-state index contributed by atoms with van der Waals surface area (Å²) in [5.41, 5.74) is 3.28. The molecule has 0 bridgehead atoms. The second kappa shape index (κ2) is 9.99. The van der Waals surface area contributed by atoms with Gasteiger partial charge in [0.05, 0.1) is 36.8 Å². The van der Waals surface area contributed by atoms with E-state index in [0.717, 1.165) is 48.2 Å². The van der Waals surface area contributed by atoms with Crippen LogP contribution in [0.5, 0.6) is 5.88 Å². The number of aromatic amines is 1. The predicted octanol–water partition coefficient (Wildman–Crippen LogP) is 4.28. The molecule has 4 rings (SSSR count). The average Bonchev–Trinajstić information content (AvgIpc) is 3.44. The van der Waals surface area contributed by atoms with Crippen molar-refractivity contribution in [1.29, 1.82) is 0 Å². The van der Waals surface area contributed by atoms with E-state index in [2.05, 4.69) is 28.8 Å². The third-order valence-corrected chi connectivity index (χ3v) is 6.66. The second-order valence-corrected chi connectivity index (χ2v) is 9.05. The molecule has 1 saturated heterocycles. The van der Waals surface area contributed by atoms with Crippen molar-refractivity contribution < 1.29 is 14.7 Å². The van der Waals surface area contributed by atoms with E-state index < -0.39 is 0 Å².